The number of rotatable bonds is 1. The van der Waals surface area contributed by atoms with Crippen molar-refractivity contribution in [2.24, 2.45) is 7.05 Å². The first-order valence-corrected chi connectivity index (χ1v) is 5.76. The molecule has 0 aliphatic carbocycles. The predicted molar refractivity (Wildman–Crippen MR) is 70.5 cm³/mol. The van der Waals surface area contributed by atoms with E-state index < -0.39 is 5.97 Å². The Balaban J connectivity index is 2.44. The normalized spacial score (nSPS) is 9.79. The van der Waals surface area contributed by atoms with Crippen LogP contribution in [-0.4, -0.2) is 22.1 Å². The van der Waals surface area contributed by atoms with Crippen molar-refractivity contribution in [2.45, 2.75) is 6.92 Å². The molecule has 0 fully saturated rings. The fraction of sp³-hybridized carbons (Fsp3) is 0.214. The molecule has 0 aliphatic heterocycles. The number of carbonyl (C=O) groups is 1. The fourth-order valence-electron chi connectivity index (χ4n) is 1.58. The highest BCUT2D eigenvalue weighted by Gasteiger charge is 2.02. The number of aryl methyl sites for hydroxylation is 1. The third-order valence-corrected chi connectivity index (χ3v) is 2.50. The number of ether oxygens (including phenoxy) is 1. The van der Waals surface area contributed by atoms with Gasteiger partial charge in [0, 0.05) is 18.5 Å². The first-order chi connectivity index (χ1) is 9.11. The molecule has 2 rings (SSSR count). The molecular formula is C14H12N2O3. The number of aromatic nitrogens is 2. The molecule has 0 N–H and O–H groups in total. The van der Waals surface area contributed by atoms with E-state index in [9.17, 15) is 9.59 Å². The van der Waals surface area contributed by atoms with E-state index in [0.717, 1.165) is 0 Å². The van der Waals surface area contributed by atoms with E-state index in [1.807, 2.05) is 0 Å². The Bertz CT molecular complexity index is 751. The Morgan fingerprint density at radius 2 is 2.26 bits per heavy atom. The molecule has 0 saturated heterocycles. The van der Waals surface area contributed by atoms with Gasteiger partial charge in [0.2, 0.25) is 0 Å². The smallest absolute Gasteiger partial charge is 0.384 e. The second-order valence-electron chi connectivity index (χ2n) is 3.86. The molecule has 0 saturated carbocycles. The van der Waals surface area contributed by atoms with Crippen LogP contribution >= 0.6 is 0 Å². The van der Waals surface area contributed by atoms with Gasteiger partial charge >= 0.3 is 5.97 Å². The molecule has 0 spiro atoms. The van der Waals surface area contributed by atoms with Crippen molar-refractivity contribution < 1.29 is 9.53 Å². The highest BCUT2D eigenvalue weighted by Crippen LogP contribution is 2.08. The Morgan fingerprint density at radius 3 is 3.00 bits per heavy atom. The molecule has 1 aromatic carbocycles. The summed E-state index contributed by atoms with van der Waals surface area (Å²) in [6.07, 6.45) is 1.47. The average molecular weight is 256 g/mol. The van der Waals surface area contributed by atoms with Crippen molar-refractivity contribution >= 4 is 16.9 Å². The van der Waals surface area contributed by atoms with Gasteiger partial charge in [-0.2, -0.15) is 0 Å². The third-order valence-electron chi connectivity index (χ3n) is 2.50. The number of carbonyl (C=O) groups excluding carboxylic acids is 1. The lowest BCUT2D eigenvalue weighted by atomic mass is 10.1. The number of fused-ring (bicyclic) bond motifs is 1. The largest absolute Gasteiger partial charge is 0.456 e. The van der Waals surface area contributed by atoms with E-state index in [1.165, 1.54) is 10.9 Å². The Hall–Kier alpha value is -2.61. The summed E-state index contributed by atoms with van der Waals surface area (Å²) in [5, 5.41) is 0.473. The molecule has 2 aromatic rings. The zero-order chi connectivity index (χ0) is 13.8. The minimum absolute atomic E-state index is 0.148. The molecule has 5 heteroatoms. The van der Waals surface area contributed by atoms with Crippen LogP contribution in [0.5, 0.6) is 0 Å². The van der Waals surface area contributed by atoms with Crippen LogP contribution < -0.4 is 5.56 Å². The summed E-state index contributed by atoms with van der Waals surface area (Å²) in [6.45, 7) is 2.00. The van der Waals surface area contributed by atoms with Crippen LogP contribution in [0.25, 0.3) is 10.9 Å². The van der Waals surface area contributed by atoms with Crippen molar-refractivity contribution in [3.8, 4) is 11.8 Å². The van der Waals surface area contributed by atoms with Crippen molar-refractivity contribution in [3.05, 3.63) is 40.4 Å². The summed E-state index contributed by atoms with van der Waals surface area (Å²) < 4.78 is 6.10. The first-order valence-electron chi connectivity index (χ1n) is 5.76. The van der Waals surface area contributed by atoms with Crippen LogP contribution in [-0.2, 0) is 16.6 Å². The van der Waals surface area contributed by atoms with Gasteiger partial charge in [0.25, 0.3) is 5.56 Å². The molecule has 1 heterocycles. The van der Waals surface area contributed by atoms with Crippen LogP contribution in [0, 0.1) is 11.8 Å². The van der Waals surface area contributed by atoms with Gasteiger partial charge in [0.1, 0.15) is 0 Å². The van der Waals surface area contributed by atoms with Gasteiger partial charge in [0.15, 0.2) is 0 Å². The van der Waals surface area contributed by atoms with Crippen LogP contribution in [0.15, 0.2) is 29.3 Å². The second kappa shape index (κ2) is 5.36. The molecular weight excluding hydrogens is 244 g/mol. The minimum atomic E-state index is -0.582. The highest BCUT2D eigenvalue weighted by atomic mass is 16.5. The van der Waals surface area contributed by atoms with E-state index in [1.54, 1.807) is 32.2 Å². The summed E-state index contributed by atoms with van der Waals surface area (Å²) in [5.41, 5.74) is 1.03. The van der Waals surface area contributed by atoms with Gasteiger partial charge < -0.3 is 9.30 Å². The molecule has 96 valence electrons. The van der Waals surface area contributed by atoms with Gasteiger partial charge in [-0.3, -0.25) is 4.79 Å². The number of nitrogens with zero attached hydrogens (tertiary/aromatic N) is 2. The number of hydrogen-bond acceptors (Lipinski definition) is 4. The maximum Gasteiger partial charge on any atom is 0.384 e. The molecule has 0 atom stereocenters. The summed E-state index contributed by atoms with van der Waals surface area (Å²) in [7, 11) is 1.63. The third kappa shape index (κ3) is 2.80. The van der Waals surface area contributed by atoms with E-state index in [0.29, 0.717) is 16.5 Å². The average Bonchev–Trinajstić information content (AvgIpc) is 2.41. The number of hydrogen-bond donors (Lipinski definition) is 0. The maximum atomic E-state index is 11.9. The van der Waals surface area contributed by atoms with Crippen molar-refractivity contribution in [2.75, 3.05) is 6.61 Å². The molecule has 0 radical (unpaired) electrons. The van der Waals surface area contributed by atoms with Gasteiger partial charge in [-0.1, -0.05) is 5.92 Å². The topological polar surface area (TPSA) is 61.2 Å². The Morgan fingerprint density at radius 1 is 1.47 bits per heavy atom. The van der Waals surface area contributed by atoms with Gasteiger partial charge in [0.05, 0.1) is 23.8 Å². The number of benzene rings is 1. The van der Waals surface area contributed by atoms with Crippen LogP contribution in [0.4, 0.5) is 0 Å². The Kier molecular flexibility index (Phi) is 3.62. The van der Waals surface area contributed by atoms with Crippen molar-refractivity contribution in [3.63, 3.8) is 0 Å². The summed E-state index contributed by atoms with van der Waals surface area (Å²) in [6, 6.07) is 5.03. The van der Waals surface area contributed by atoms with E-state index in [-0.39, 0.29) is 12.2 Å². The zero-order valence-electron chi connectivity index (χ0n) is 10.6. The number of esters is 1. The van der Waals surface area contributed by atoms with Gasteiger partial charge in [-0.15, -0.1) is 0 Å². The molecule has 1 aromatic heterocycles. The first kappa shape index (κ1) is 12.8. The summed E-state index contributed by atoms with van der Waals surface area (Å²) in [5.74, 6) is 4.44. The SMILES string of the molecule is CCOC(=O)C#Cc1ccc2ncn(C)c(=O)c2c1. The summed E-state index contributed by atoms with van der Waals surface area (Å²) >= 11 is 0. The van der Waals surface area contributed by atoms with Crippen molar-refractivity contribution in [1.29, 1.82) is 0 Å². The molecule has 0 amide bonds. The van der Waals surface area contributed by atoms with Gasteiger partial charge in [-0.05, 0) is 25.1 Å². The molecule has 0 unspecified atom stereocenters. The molecule has 0 bridgehead atoms. The lowest BCUT2D eigenvalue weighted by Crippen LogP contribution is -2.16. The Labute approximate surface area is 109 Å². The highest BCUT2D eigenvalue weighted by molar-refractivity contribution is 5.89. The lowest BCUT2D eigenvalue weighted by molar-refractivity contribution is -0.136. The van der Waals surface area contributed by atoms with Crippen molar-refractivity contribution in [1.82, 2.24) is 9.55 Å². The van der Waals surface area contributed by atoms with E-state index in [2.05, 4.69) is 16.8 Å². The van der Waals surface area contributed by atoms with Crippen LogP contribution in [0.1, 0.15) is 12.5 Å². The second-order valence-corrected chi connectivity index (χ2v) is 3.86. The monoisotopic (exact) mass is 256 g/mol. The maximum absolute atomic E-state index is 11.9. The van der Waals surface area contributed by atoms with Gasteiger partial charge in [-0.25, -0.2) is 9.78 Å². The minimum Gasteiger partial charge on any atom is -0.456 e. The van der Waals surface area contributed by atoms with E-state index >= 15 is 0 Å². The van der Waals surface area contributed by atoms with Crippen LogP contribution in [0.2, 0.25) is 0 Å². The molecule has 0 aliphatic rings. The lowest BCUT2D eigenvalue weighted by Gasteiger charge is -2.00. The standard InChI is InChI=1S/C14H12N2O3/c1-3-19-13(17)7-5-10-4-6-12-11(8-10)14(18)16(2)9-15-12/h4,6,8-9H,3H2,1-2H3. The van der Waals surface area contributed by atoms with Crippen LogP contribution in [0.3, 0.4) is 0 Å². The van der Waals surface area contributed by atoms with E-state index in [4.69, 9.17) is 4.74 Å². The predicted octanol–water partition coefficient (Wildman–Crippen LogP) is 0.848. The molecule has 5 nitrogen and oxygen atoms in total. The fourth-order valence-corrected chi connectivity index (χ4v) is 1.58. The zero-order valence-corrected chi connectivity index (χ0v) is 10.6. The quantitative estimate of drug-likeness (QED) is 0.560. The molecule has 19 heavy (non-hydrogen) atoms. The summed E-state index contributed by atoms with van der Waals surface area (Å²) in [4.78, 5) is 27.2.